The van der Waals surface area contributed by atoms with Crippen LogP contribution in [0.25, 0.3) is 11.5 Å². The van der Waals surface area contributed by atoms with Gasteiger partial charge in [0.05, 0.1) is 5.75 Å². The Morgan fingerprint density at radius 1 is 1.21 bits per heavy atom. The Balaban J connectivity index is 1.61. The van der Waals surface area contributed by atoms with Crippen LogP contribution < -0.4 is 0 Å². The van der Waals surface area contributed by atoms with Crippen LogP contribution in [-0.4, -0.2) is 38.8 Å². The first-order valence-corrected chi connectivity index (χ1v) is 9.37. The number of rotatable bonds is 4. The molecule has 128 valence electrons. The van der Waals surface area contributed by atoms with Gasteiger partial charge >= 0.3 is 0 Å². The molecule has 1 aromatic heterocycles. The van der Waals surface area contributed by atoms with Crippen LogP contribution in [-0.2, 0) is 4.79 Å². The van der Waals surface area contributed by atoms with E-state index in [4.69, 9.17) is 4.42 Å². The minimum absolute atomic E-state index is 0.148. The van der Waals surface area contributed by atoms with Gasteiger partial charge in [0, 0.05) is 17.6 Å². The Hall–Kier alpha value is -1.82. The SMILES string of the molecule is Cc1ccc(-c2nnc(SCC(=O)N3[C@H](C)CCC[C@@H]3C)o2)cc1. The first-order chi connectivity index (χ1) is 11.5. The van der Waals surface area contributed by atoms with Crippen molar-refractivity contribution in [2.45, 2.75) is 57.3 Å². The highest BCUT2D eigenvalue weighted by molar-refractivity contribution is 7.99. The van der Waals surface area contributed by atoms with Crippen molar-refractivity contribution in [3.05, 3.63) is 29.8 Å². The lowest BCUT2D eigenvalue weighted by Gasteiger charge is -2.39. The van der Waals surface area contributed by atoms with Crippen LogP contribution in [0.4, 0.5) is 0 Å². The summed E-state index contributed by atoms with van der Waals surface area (Å²) in [4.78, 5) is 14.5. The molecule has 1 saturated heterocycles. The zero-order chi connectivity index (χ0) is 17.1. The van der Waals surface area contributed by atoms with Crippen molar-refractivity contribution in [3.63, 3.8) is 0 Å². The molecule has 2 heterocycles. The zero-order valence-electron chi connectivity index (χ0n) is 14.4. The summed E-state index contributed by atoms with van der Waals surface area (Å²) in [6, 6.07) is 8.56. The van der Waals surface area contributed by atoms with E-state index in [1.807, 2.05) is 36.1 Å². The predicted octanol–water partition coefficient (Wildman–Crippen LogP) is 3.93. The molecule has 2 atom stereocenters. The van der Waals surface area contributed by atoms with Crippen LogP contribution in [0.3, 0.4) is 0 Å². The Morgan fingerprint density at radius 2 is 1.88 bits per heavy atom. The summed E-state index contributed by atoms with van der Waals surface area (Å²) in [5.41, 5.74) is 2.08. The number of likely N-dealkylation sites (tertiary alicyclic amines) is 1. The van der Waals surface area contributed by atoms with Gasteiger partial charge in [0.1, 0.15) is 0 Å². The molecular formula is C18H23N3O2S. The minimum atomic E-state index is 0.148. The van der Waals surface area contributed by atoms with E-state index in [1.165, 1.54) is 23.7 Å². The summed E-state index contributed by atoms with van der Waals surface area (Å²) >= 11 is 1.31. The van der Waals surface area contributed by atoms with E-state index in [1.54, 1.807) is 0 Å². The third-order valence-corrected chi connectivity index (χ3v) is 5.31. The molecule has 0 bridgehead atoms. The van der Waals surface area contributed by atoms with E-state index in [9.17, 15) is 4.79 Å². The summed E-state index contributed by atoms with van der Waals surface area (Å²) in [6.07, 6.45) is 3.36. The smallest absolute Gasteiger partial charge is 0.277 e. The van der Waals surface area contributed by atoms with Crippen molar-refractivity contribution in [1.82, 2.24) is 15.1 Å². The maximum Gasteiger partial charge on any atom is 0.277 e. The molecule has 1 aliphatic rings. The van der Waals surface area contributed by atoms with E-state index >= 15 is 0 Å². The number of nitrogens with zero attached hydrogens (tertiary/aromatic N) is 3. The third-order valence-electron chi connectivity index (χ3n) is 4.51. The van der Waals surface area contributed by atoms with Gasteiger partial charge < -0.3 is 9.32 Å². The molecule has 3 rings (SSSR count). The summed E-state index contributed by atoms with van der Waals surface area (Å²) in [6.45, 7) is 6.29. The number of amides is 1. The summed E-state index contributed by atoms with van der Waals surface area (Å²) in [7, 11) is 0. The Morgan fingerprint density at radius 3 is 2.54 bits per heavy atom. The first-order valence-electron chi connectivity index (χ1n) is 8.39. The van der Waals surface area contributed by atoms with Gasteiger partial charge in [0.2, 0.25) is 11.8 Å². The van der Waals surface area contributed by atoms with E-state index < -0.39 is 0 Å². The Kier molecular flexibility index (Phi) is 5.23. The molecule has 0 aliphatic carbocycles. The molecule has 0 unspecified atom stereocenters. The van der Waals surface area contributed by atoms with Gasteiger partial charge in [-0.2, -0.15) is 0 Å². The van der Waals surface area contributed by atoms with Gasteiger partial charge in [-0.3, -0.25) is 4.79 Å². The highest BCUT2D eigenvalue weighted by atomic mass is 32.2. The number of thioether (sulfide) groups is 1. The molecule has 5 nitrogen and oxygen atoms in total. The molecule has 0 saturated carbocycles. The number of benzene rings is 1. The van der Waals surface area contributed by atoms with Crippen molar-refractivity contribution >= 4 is 17.7 Å². The van der Waals surface area contributed by atoms with E-state index in [2.05, 4.69) is 24.0 Å². The molecule has 1 amide bonds. The average Bonchev–Trinajstić information content (AvgIpc) is 3.02. The van der Waals surface area contributed by atoms with Crippen molar-refractivity contribution in [1.29, 1.82) is 0 Å². The van der Waals surface area contributed by atoms with E-state index in [-0.39, 0.29) is 5.91 Å². The highest BCUT2D eigenvalue weighted by Gasteiger charge is 2.29. The Labute approximate surface area is 146 Å². The van der Waals surface area contributed by atoms with E-state index in [0.29, 0.717) is 29.0 Å². The molecule has 6 heteroatoms. The lowest BCUT2D eigenvalue weighted by Crippen LogP contribution is -2.48. The minimum Gasteiger partial charge on any atom is -0.411 e. The maximum absolute atomic E-state index is 12.5. The third kappa shape index (κ3) is 3.80. The highest BCUT2D eigenvalue weighted by Crippen LogP contribution is 2.26. The average molecular weight is 345 g/mol. The second-order valence-electron chi connectivity index (χ2n) is 6.46. The fraction of sp³-hybridized carbons (Fsp3) is 0.500. The number of hydrogen-bond acceptors (Lipinski definition) is 5. The van der Waals surface area contributed by atoms with Crippen LogP contribution >= 0.6 is 11.8 Å². The molecule has 1 aliphatic heterocycles. The van der Waals surface area contributed by atoms with Gasteiger partial charge in [0.15, 0.2) is 0 Å². The normalized spacial score (nSPS) is 21.0. The van der Waals surface area contributed by atoms with Gasteiger partial charge in [0.25, 0.3) is 5.22 Å². The van der Waals surface area contributed by atoms with Crippen molar-refractivity contribution in [3.8, 4) is 11.5 Å². The molecule has 2 aromatic rings. The monoisotopic (exact) mass is 345 g/mol. The maximum atomic E-state index is 12.5. The number of piperidine rings is 1. The molecular weight excluding hydrogens is 322 g/mol. The number of aromatic nitrogens is 2. The quantitative estimate of drug-likeness (QED) is 0.786. The van der Waals surface area contributed by atoms with Crippen molar-refractivity contribution in [2.75, 3.05) is 5.75 Å². The molecule has 0 radical (unpaired) electrons. The predicted molar refractivity (Wildman–Crippen MR) is 94.8 cm³/mol. The van der Waals surface area contributed by atoms with Gasteiger partial charge in [-0.15, -0.1) is 10.2 Å². The number of hydrogen-bond donors (Lipinski definition) is 0. The fourth-order valence-corrected chi connectivity index (χ4v) is 3.82. The number of carbonyl (C=O) groups is 1. The van der Waals surface area contributed by atoms with Crippen LogP contribution in [0.15, 0.2) is 33.9 Å². The topological polar surface area (TPSA) is 59.2 Å². The zero-order valence-corrected chi connectivity index (χ0v) is 15.2. The van der Waals surface area contributed by atoms with Gasteiger partial charge in [-0.05, 0) is 52.2 Å². The standard InChI is InChI=1S/C18H23N3O2S/c1-12-7-9-15(10-8-12)17-19-20-18(23-17)24-11-16(22)21-13(2)5-4-6-14(21)3/h7-10,13-14H,4-6,11H2,1-3H3/t13-,14+. The Bertz CT molecular complexity index is 689. The summed E-state index contributed by atoms with van der Waals surface area (Å²) in [5.74, 6) is 0.976. The van der Waals surface area contributed by atoms with Gasteiger partial charge in [-0.1, -0.05) is 29.5 Å². The first kappa shape index (κ1) is 17.0. The van der Waals surface area contributed by atoms with Gasteiger partial charge in [-0.25, -0.2) is 0 Å². The molecule has 24 heavy (non-hydrogen) atoms. The molecule has 1 aromatic carbocycles. The summed E-state index contributed by atoms with van der Waals surface area (Å²) in [5, 5.41) is 8.56. The second kappa shape index (κ2) is 7.38. The lowest BCUT2D eigenvalue weighted by molar-refractivity contribution is -0.134. The van der Waals surface area contributed by atoms with Crippen molar-refractivity contribution < 1.29 is 9.21 Å². The van der Waals surface area contributed by atoms with Crippen LogP contribution in [0.5, 0.6) is 0 Å². The molecule has 1 fully saturated rings. The largest absolute Gasteiger partial charge is 0.411 e. The summed E-state index contributed by atoms with van der Waals surface area (Å²) < 4.78 is 5.67. The second-order valence-corrected chi connectivity index (χ2v) is 7.38. The molecule has 0 N–H and O–H groups in total. The lowest BCUT2D eigenvalue weighted by atomic mass is 9.98. The van der Waals surface area contributed by atoms with Crippen LogP contribution in [0, 0.1) is 6.92 Å². The fourth-order valence-electron chi connectivity index (χ4n) is 3.19. The number of carbonyl (C=O) groups excluding carboxylic acids is 1. The van der Waals surface area contributed by atoms with E-state index in [0.717, 1.165) is 18.4 Å². The number of aryl methyl sites for hydroxylation is 1. The molecule has 0 spiro atoms. The van der Waals surface area contributed by atoms with Crippen LogP contribution in [0.1, 0.15) is 38.7 Å². The van der Waals surface area contributed by atoms with Crippen LogP contribution in [0.2, 0.25) is 0 Å². The van der Waals surface area contributed by atoms with Crippen molar-refractivity contribution in [2.24, 2.45) is 0 Å².